The molecule has 3 rings (SSSR count). The Morgan fingerprint density at radius 1 is 0.931 bits per heavy atom. The van der Waals surface area contributed by atoms with Crippen molar-refractivity contribution in [3.63, 3.8) is 0 Å². The smallest absolute Gasteiger partial charge is 0.255 e. The van der Waals surface area contributed by atoms with Crippen LogP contribution >= 0.6 is 0 Å². The zero-order valence-electron chi connectivity index (χ0n) is 16.6. The standard InChI is InChI=1S/C24H25N3O2/c1-17(27(2)16-18-11-13-19(14-12-18)23(25)28)21-9-6-10-22(15-21)26-24(29)20-7-4-3-5-8-20/h3-15,17H,16H2,1-2H3,(H2,25,28)(H,26,29)/t17-/m1/s1. The average molecular weight is 387 g/mol. The summed E-state index contributed by atoms with van der Waals surface area (Å²) in [4.78, 5) is 25.8. The van der Waals surface area contributed by atoms with Gasteiger partial charge in [0.2, 0.25) is 5.91 Å². The molecule has 0 saturated carbocycles. The van der Waals surface area contributed by atoms with Crippen LogP contribution in [0.2, 0.25) is 0 Å². The Hall–Kier alpha value is -3.44. The van der Waals surface area contributed by atoms with E-state index in [1.807, 2.05) is 55.6 Å². The minimum Gasteiger partial charge on any atom is -0.366 e. The first-order valence-corrected chi connectivity index (χ1v) is 9.49. The summed E-state index contributed by atoms with van der Waals surface area (Å²) in [6.45, 7) is 2.84. The predicted molar refractivity (Wildman–Crippen MR) is 116 cm³/mol. The van der Waals surface area contributed by atoms with E-state index < -0.39 is 5.91 Å². The Balaban J connectivity index is 1.67. The summed E-state index contributed by atoms with van der Waals surface area (Å²) in [6, 6.07) is 24.5. The number of benzene rings is 3. The second-order valence-corrected chi connectivity index (χ2v) is 7.10. The topological polar surface area (TPSA) is 75.4 Å². The first-order chi connectivity index (χ1) is 13.9. The SMILES string of the molecule is C[C@H](c1cccc(NC(=O)c2ccccc2)c1)N(C)Cc1ccc(C(N)=O)cc1. The van der Waals surface area contributed by atoms with E-state index in [0.29, 0.717) is 11.1 Å². The van der Waals surface area contributed by atoms with Crippen LogP contribution in [0.1, 0.15) is 44.8 Å². The van der Waals surface area contributed by atoms with E-state index in [-0.39, 0.29) is 11.9 Å². The highest BCUT2D eigenvalue weighted by molar-refractivity contribution is 6.04. The van der Waals surface area contributed by atoms with Crippen LogP contribution in [-0.2, 0) is 6.54 Å². The van der Waals surface area contributed by atoms with Crippen LogP contribution in [0.5, 0.6) is 0 Å². The monoisotopic (exact) mass is 387 g/mol. The normalized spacial score (nSPS) is 11.8. The summed E-state index contributed by atoms with van der Waals surface area (Å²) >= 11 is 0. The van der Waals surface area contributed by atoms with Crippen LogP contribution in [-0.4, -0.2) is 23.8 Å². The number of carbonyl (C=O) groups is 2. The number of nitrogens with two attached hydrogens (primary N) is 1. The Kier molecular flexibility index (Phi) is 6.42. The third-order valence-corrected chi connectivity index (χ3v) is 4.99. The zero-order chi connectivity index (χ0) is 20.8. The van der Waals surface area contributed by atoms with Crippen molar-refractivity contribution >= 4 is 17.5 Å². The molecule has 29 heavy (non-hydrogen) atoms. The van der Waals surface area contributed by atoms with Gasteiger partial charge in [0.05, 0.1) is 0 Å². The molecule has 0 fully saturated rings. The molecule has 0 aliphatic heterocycles. The molecule has 0 aliphatic carbocycles. The Labute approximate surface area is 171 Å². The first-order valence-electron chi connectivity index (χ1n) is 9.49. The van der Waals surface area contributed by atoms with Gasteiger partial charge >= 0.3 is 0 Å². The molecule has 1 atom stereocenters. The summed E-state index contributed by atoms with van der Waals surface area (Å²) in [5.74, 6) is -0.550. The predicted octanol–water partition coefficient (Wildman–Crippen LogP) is 4.23. The van der Waals surface area contributed by atoms with Gasteiger partial charge < -0.3 is 11.1 Å². The van der Waals surface area contributed by atoms with Crippen LogP contribution in [0.3, 0.4) is 0 Å². The fourth-order valence-corrected chi connectivity index (χ4v) is 3.12. The fraction of sp³-hybridized carbons (Fsp3) is 0.167. The van der Waals surface area contributed by atoms with Gasteiger partial charge in [0.25, 0.3) is 5.91 Å². The van der Waals surface area contributed by atoms with E-state index in [1.54, 1.807) is 24.3 Å². The lowest BCUT2D eigenvalue weighted by Gasteiger charge is -2.25. The lowest BCUT2D eigenvalue weighted by Crippen LogP contribution is -2.22. The number of nitrogens with zero attached hydrogens (tertiary/aromatic N) is 1. The van der Waals surface area contributed by atoms with Crippen LogP contribution in [0.4, 0.5) is 5.69 Å². The highest BCUT2D eigenvalue weighted by atomic mass is 16.2. The van der Waals surface area contributed by atoms with Gasteiger partial charge in [-0.2, -0.15) is 0 Å². The van der Waals surface area contributed by atoms with E-state index in [2.05, 4.69) is 23.2 Å². The van der Waals surface area contributed by atoms with Crippen LogP contribution in [0.25, 0.3) is 0 Å². The first kappa shape index (κ1) is 20.3. The molecule has 0 unspecified atom stereocenters. The molecular formula is C24H25N3O2. The number of hydrogen-bond acceptors (Lipinski definition) is 3. The molecule has 3 aromatic carbocycles. The minimum absolute atomic E-state index is 0.127. The van der Waals surface area contributed by atoms with Gasteiger partial charge in [-0.25, -0.2) is 0 Å². The summed E-state index contributed by atoms with van der Waals surface area (Å²) in [7, 11) is 2.04. The maximum absolute atomic E-state index is 12.4. The van der Waals surface area contributed by atoms with Crippen molar-refractivity contribution in [1.29, 1.82) is 0 Å². The molecule has 5 heteroatoms. The van der Waals surface area contributed by atoms with E-state index in [0.717, 1.165) is 23.4 Å². The quantitative estimate of drug-likeness (QED) is 0.637. The van der Waals surface area contributed by atoms with Crippen molar-refractivity contribution in [1.82, 2.24) is 4.90 Å². The molecular weight excluding hydrogens is 362 g/mol. The molecule has 0 radical (unpaired) electrons. The van der Waals surface area contributed by atoms with Crippen LogP contribution < -0.4 is 11.1 Å². The molecule has 0 aliphatic rings. The summed E-state index contributed by atoms with van der Waals surface area (Å²) in [6.07, 6.45) is 0. The minimum atomic E-state index is -0.423. The van der Waals surface area contributed by atoms with Crippen LogP contribution in [0.15, 0.2) is 78.9 Å². The largest absolute Gasteiger partial charge is 0.366 e. The second-order valence-electron chi connectivity index (χ2n) is 7.10. The van der Waals surface area contributed by atoms with E-state index in [1.165, 1.54) is 0 Å². The zero-order valence-corrected chi connectivity index (χ0v) is 16.6. The number of amides is 2. The van der Waals surface area contributed by atoms with Gasteiger partial charge in [-0.1, -0.05) is 42.5 Å². The number of nitrogens with one attached hydrogen (secondary N) is 1. The van der Waals surface area contributed by atoms with Gasteiger partial charge in [0.1, 0.15) is 0 Å². The number of carbonyl (C=O) groups excluding carboxylic acids is 2. The number of hydrogen-bond donors (Lipinski definition) is 2. The second kappa shape index (κ2) is 9.17. The van der Waals surface area contributed by atoms with Gasteiger partial charge in [0, 0.05) is 29.4 Å². The molecule has 3 N–H and O–H groups in total. The van der Waals surface area contributed by atoms with Gasteiger partial charge in [-0.05, 0) is 61.5 Å². The Morgan fingerprint density at radius 3 is 2.28 bits per heavy atom. The molecule has 2 amide bonds. The van der Waals surface area contributed by atoms with Gasteiger partial charge in [-0.3, -0.25) is 14.5 Å². The van der Waals surface area contributed by atoms with Crippen LogP contribution in [0, 0.1) is 0 Å². The van der Waals surface area contributed by atoms with E-state index in [9.17, 15) is 9.59 Å². The molecule has 3 aromatic rings. The van der Waals surface area contributed by atoms with Crippen molar-refractivity contribution in [3.8, 4) is 0 Å². The fourth-order valence-electron chi connectivity index (χ4n) is 3.12. The van der Waals surface area contributed by atoms with Crippen molar-refractivity contribution in [3.05, 3.63) is 101 Å². The summed E-state index contributed by atoms with van der Waals surface area (Å²) < 4.78 is 0. The number of primary amides is 1. The summed E-state index contributed by atoms with van der Waals surface area (Å²) in [5, 5.41) is 2.96. The van der Waals surface area contributed by atoms with Crippen molar-refractivity contribution in [2.24, 2.45) is 5.73 Å². The van der Waals surface area contributed by atoms with Gasteiger partial charge in [0.15, 0.2) is 0 Å². The van der Waals surface area contributed by atoms with E-state index in [4.69, 9.17) is 5.73 Å². The maximum Gasteiger partial charge on any atom is 0.255 e. The Bertz CT molecular complexity index is 985. The van der Waals surface area contributed by atoms with Crippen molar-refractivity contribution < 1.29 is 9.59 Å². The number of rotatable bonds is 7. The third-order valence-electron chi connectivity index (χ3n) is 4.99. The van der Waals surface area contributed by atoms with Gasteiger partial charge in [-0.15, -0.1) is 0 Å². The third kappa shape index (κ3) is 5.30. The molecule has 5 nitrogen and oxygen atoms in total. The summed E-state index contributed by atoms with van der Waals surface area (Å²) in [5.41, 5.74) is 9.39. The van der Waals surface area contributed by atoms with E-state index >= 15 is 0 Å². The molecule has 148 valence electrons. The van der Waals surface area contributed by atoms with Crippen molar-refractivity contribution in [2.45, 2.75) is 19.5 Å². The average Bonchev–Trinajstić information content (AvgIpc) is 2.74. The molecule has 0 heterocycles. The number of anilines is 1. The molecule has 0 bridgehead atoms. The highest BCUT2D eigenvalue weighted by Crippen LogP contribution is 2.24. The molecule has 0 saturated heterocycles. The lowest BCUT2D eigenvalue weighted by atomic mass is 10.0. The maximum atomic E-state index is 12.4. The lowest BCUT2D eigenvalue weighted by molar-refractivity contribution is 0.0997. The van der Waals surface area contributed by atoms with Crippen molar-refractivity contribution in [2.75, 3.05) is 12.4 Å². The molecule has 0 spiro atoms. The highest BCUT2D eigenvalue weighted by Gasteiger charge is 2.14. The molecule has 0 aromatic heterocycles. The Morgan fingerprint density at radius 2 is 1.62 bits per heavy atom.